The maximum atomic E-state index is 3.70. The molecule has 1 aromatic carbocycles. The third-order valence-electron chi connectivity index (χ3n) is 4.34. The van der Waals surface area contributed by atoms with Crippen molar-refractivity contribution < 1.29 is 0 Å². The van der Waals surface area contributed by atoms with E-state index in [1.54, 1.807) is 11.8 Å². The quantitative estimate of drug-likeness (QED) is 0.847. The summed E-state index contributed by atoms with van der Waals surface area (Å²) in [5, 5.41) is 3.70. The molecule has 0 saturated carbocycles. The Bertz CT molecular complexity index is 390. The van der Waals surface area contributed by atoms with E-state index < -0.39 is 0 Å². The van der Waals surface area contributed by atoms with Crippen molar-refractivity contribution in [2.45, 2.75) is 44.2 Å². The number of hydrogen-bond donors (Lipinski definition) is 1. The molecule has 3 atom stereocenters. The predicted molar refractivity (Wildman–Crippen MR) is 86.3 cm³/mol. The van der Waals surface area contributed by atoms with Crippen LogP contribution in [0.15, 0.2) is 29.2 Å². The van der Waals surface area contributed by atoms with Crippen LogP contribution in [0.4, 0.5) is 5.69 Å². The third-order valence-corrected chi connectivity index (χ3v) is 5.08. The zero-order chi connectivity index (χ0) is 13.8. The van der Waals surface area contributed by atoms with Gasteiger partial charge in [0.25, 0.3) is 0 Å². The molecule has 0 aliphatic carbocycles. The van der Waals surface area contributed by atoms with Crippen molar-refractivity contribution in [3.8, 4) is 0 Å². The van der Waals surface area contributed by atoms with Crippen LogP contribution in [-0.2, 0) is 0 Å². The van der Waals surface area contributed by atoms with Crippen LogP contribution in [0.5, 0.6) is 0 Å². The van der Waals surface area contributed by atoms with E-state index in [1.807, 2.05) is 0 Å². The fraction of sp³-hybridized carbons (Fsp3) is 0.625. The lowest BCUT2D eigenvalue weighted by atomic mass is 9.95. The topological polar surface area (TPSA) is 15.3 Å². The number of benzene rings is 1. The van der Waals surface area contributed by atoms with Crippen LogP contribution in [0, 0.1) is 5.92 Å². The number of piperazine rings is 1. The van der Waals surface area contributed by atoms with E-state index in [9.17, 15) is 0 Å². The van der Waals surface area contributed by atoms with Gasteiger partial charge in [0.15, 0.2) is 0 Å². The second kappa shape index (κ2) is 6.67. The fourth-order valence-corrected chi connectivity index (χ4v) is 3.10. The van der Waals surface area contributed by atoms with Crippen molar-refractivity contribution in [3.63, 3.8) is 0 Å². The fourth-order valence-electron chi connectivity index (χ4n) is 2.69. The molecular weight excluding hydrogens is 252 g/mol. The first-order valence-corrected chi connectivity index (χ1v) is 8.52. The van der Waals surface area contributed by atoms with E-state index in [1.165, 1.54) is 17.0 Å². The van der Waals surface area contributed by atoms with Gasteiger partial charge in [-0.05, 0) is 43.4 Å². The van der Waals surface area contributed by atoms with Crippen LogP contribution in [0.2, 0.25) is 0 Å². The highest BCUT2D eigenvalue weighted by Crippen LogP contribution is 2.25. The average Bonchev–Trinajstić information content (AvgIpc) is 2.47. The van der Waals surface area contributed by atoms with Crippen molar-refractivity contribution in [1.29, 1.82) is 0 Å². The zero-order valence-corrected chi connectivity index (χ0v) is 13.3. The maximum Gasteiger partial charge on any atom is 0.0387 e. The summed E-state index contributed by atoms with van der Waals surface area (Å²) in [6, 6.07) is 10.2. The lowest BCUT2D eigenvalue weighted by molar-refractivity contribution is 0.316. The molecule has 1 saturated heterocycles. The molecule has 1 aliphatic heterocycles. The normalized spacial score (nSPS) is 25.4. The SMILES string of the molecule is CCC(C)C1CN(c2ccc(SC)cc2)C(C)CN1. The average molecular weight is 278 g/mol. The van der Waals surface area contributed by atoms with E-state index in [0.717, 1.165) is 19.0 Å². The number of anilines is 1. The molecule has 0 radical (unpaired) electrons. The number of nitrogens with zero attached hydrogens (tertiary/aromatic N) is 1. The highest BCUT2D eigenvalue weighted by molar-refractivity contribution is 7.98. The summed E-state index contributed by atoms with van der Waals surface area (Å²) in [4.78, 5) is 3.89. The molecule has 2 nitrogen and oxygen atoms in total. The van der Waals surface area contributed by atoms with Crippen molar-refractivity contribution in [1.82, 2.24) is 5.32 Å². The van der Waals surface area contributed by atoms with E-state index in [2.05, 4.69) is 61.5 Å². The van der Waals surface area contributed by atoms with Gasteiger partial charge in [-0.3, -0.25) is 0 Å². The highest BCUT2D eigenvalue weighted by Gasteiger charge is 2.27. The van der Waals surface area contributed by atoms with Gasteiger partial charge in [0.1, 0.15) is 0 Å². The van der Waals surface area contributed by atoms with Gasteiger partial charge in [0, 0.05) is 35.8 Å². The first-order chi connectivity index (χ1) is 9.15. The maximum absolute atomic E-state index is 3.70. The van der Waals surface area contributed by atoms with Gasteiger partial charge in [-0.2, -0.15) is 0 Å². The molecule has 106 valence electrons. The standard InChI is InChI=1S/C16H26N2S/c1-5-12(2)16-11-18(13(3)10-17-16)14-6-8-15(19-4)9-7-14/h6-9,12-13,16-17H,5,10-11H2,1-4H3. The summed E-state index contributed by atoms with van der Waals surface area (Å²) >= 11 is 1.80. The van der Waals surface area contributed by atoms with Gasteiger partial charge in [0.05, 0.1) is 0 Å². The van der Waals surface area contributed by atoms with Gasteiger partial charge in [-0.15, -0.1) is 11.8 Å². The number of rotatable bonds is 4. The molecule has 1 aromatic rings. The number of hydrogen-bond acceptors (Lipinski definition) is 3. The first-order valence-electron chi connectivity index (χ1n) is 7.29. The summed E-state index contributed by atoms with van der Waals surface area (Å²) < 4.78 is 0. The second-order valence-corrected chi connectivity index (χ2v) is 6.48. The molecule has 2 rings (SSSR count). The predicted octanol–water partition coefficient (Wildman–Crippen LogP) is 3.62. The minimum absolute atomic E-state index is 0.570. The Morgan fingerprint density at radius 3 is 2.63 bits per heavy atom. The summed E-state index contributed by atoms with van der Waals surface area (Å²) in [5.74, 6) is 0.737. The largest absolute Gasteiger partial charge is 0.366 e. The lowest BCUT2D eigenvalue weighted by Crippen LogP contribution is -2.57. The zero-order valence-electron chi connectivity index (χ0n) is 12.5. The van der Waals surface area contributed by atoms with E-state index >= 15 is 0 Å². The Labute approximate surface area is 122 Å². The molecule has 19 heavy (non-hydrogen) atoms. The molecule has 3 heteroatoms. The summed E-state index contributed by atoms with van der Waals surface area (Å²) in [5.41, 5.74) is 1.36. The molecule has 0 amide bonds. The van der Waals surface area contributed by atoms with Gasteiger partial charge in [-0.1, -0.05) is 20.3 Å². The molecule has 0 spiro atoms. The van der Waals surface area contributed by atoms with Crippen molar-refractivity contribution in [3.05, 3.63) is 24.3 Å². The second-order valence-electron chi connectivity index (χ2n) is 5.60. The van der Waals surface area contributed by atoms with E-state index in [-0.39, 0.29) is 0 Å². The van der Waals surface area contributed by atoms with Gasteiger partial charge < -0.3 is 10.2 Å². The Morgan fingerprint density at radius 1 is 1.37 bits per heavy atom. The minimum Gasteiger partial charge on any atom is -0.366 e. The molecule has 3 unspecified atom stereocenters. The Balaban J connectivity index is 2.11. The van der Waals surface area contributed by atoms with Gasteiger partial charge >= 0.3 is 0 Å². The van der Waals surface area contributed by atoms with Crippen LogP contribution >= 0.6 is 11.8 Å². The van der Waals surface area contributed by atoms with Crippen LogP contribution < -0.4 is 10.2 Å². The van der Waals surface area contributed by atoms with Crippen molar-refractivity contribution in [2.75, 3.05) is 24.2 Å². The van der Waals surface area contributed by atoms with E-state index in [0.29, 0.717) is 12.1 Å². The number of thioether (sulfide) groups is 1. The smallest absolute Gasteiger partial charge is 0.0387 e. The monoisotopic (exact) mass is 278 g/mol. The van der Waals surface area contributed by atoms with Crippen LogP contribution in [0.3, 0.4) is 0 Å². The van der Waals surface area contributed by atoms with Gasteiger partial charge in [-0.25, -0.2) is 0 Å². The van der Waals surface area contributed by atoms with Crippen LogP contribution in [0.25, 0.3) is 0 Å². The molecule has 1 aliphatic rings. The molecule has 1 N–H and O–H groups in total. The molecule has 0 bridgehead atoms. The van der Waals surface area contributed by atoms with Crippen molar-refractivity contribution in [2.24, 2.45) is 5.92 Å². The summed E-state index contributed by atoms with van der Waals surface area (Å²) in [7, 11) is 0. The van der Waals surface area contributed by atoms with Crippen LogP contribution in [0.1, 0.15) is 27.2 Å². The summed E-state index contributed by atoms with van der Waals surface area (Å²) in [6.45, 7) is 9.14. The molecule has 1 heterocycles. The van der Waals surface area contributed by atoms with E-state index in [4.69, 9.17) is 0 Å². The van der Waals surface area contributed by atoms with Crippen LogP contribution in [-0.4, -0.2) is 31.4 Å². The third kappa shape index (κ3) is 3.46. The molecule has 1 fully saturated rings. The lowest BCUT2D eigenvalue weighted by Gasteiger charge is -2.42. The number of nitrogens with one attached hydrogen (secondary N) is 1. The summed E-state index contributed by atoms with van der Waals surface area (Å²) in [6.07, 6.45) is 3.37. The Morgan fingerprint density at radius 2 is 2.05 bits per heavy atom. The molecular formula is C16H26N2S. The minimum atomic E-state index is 0.570. The van der Waals surface area contributed by atoms with Gasteiger partial charge in [0.2, 0.25) is 0 Å². The highest BCUT2D eigenvalue weighted by atomic mass is 32.2. The first kappa shape index (κ1) is 14.7. The van der Waals surface area contributed by atoms with Crippen molar-refractivity contribution >= 4 is 17.4 Å². The Hall–Kier alpha value is -0.670. The molecule has 0 aromatic heterocycles. The Kier molecular flexibility index (Phi) is 5.17.